The zero-order valence-electron chi connectivity index (χ0n) is 20.7. The first-order chi connectivity index (χ1) is 18.2. The lowest BCUT2D eigenvalue weighted by Crippen LogP contribution is -2.40. The number of benzene rings is 2. The molecule has 0 bridgehead atoms. The van der Waals surface area contributed by atoms with Crippen molar-refractivity contribution in [2.24, 2.45) is 0 Å². The van der Waals surface area contributed by atoms with Gasteiger partial charge in [0, 0.05) is 36.1 Å². The fraction of sp³-hybridized carbons (Fsp3) is 0.286. The molecule has 1 saturated heterocycles. The molecule has 2 aromatic heterocycles. The van der Waals surface area contributed by atoms with E-state index in [0.717, 1.165) is 27.1 Å². The maximum Gasteiger partial charge on any atom is 0.435 e. The fourth-order valence-corrected chi connectivity index (χ4v) is 4.84. The second-order valence-corrected chi connectivity index (χ2v) is 9.44. The number of nitrogens with zero attached hydrogens (tertiary/aromatic N) is 4. The maximum atomic E-state index is 13.0. The lowest BCUT2D eigenvalue weighted by Gasteiger charge is -2.32. The molecule has 0 atom stereocenters. The second kappa shape index (κ2) is 10.3. The van der Waals surface area contributed by atoms with Crippen molar-refractivity contribution in [2.45, 2.75) is 38.4 Å². The first-order valence-corrected chi connectivity index (χ1v) is 12.3. The average Bonchev–Trinajstić information content (AvgIpc) is 3.29. The molecule has 1 fully saturated rings. The summed E-state index contributed by atoms with van der Waals surface area (Å²) in [6.45, 7) is 2.20. The number of halogens is 3. The molecule has 2 aromatic carbocycles. The molecule has 0 saturated carbocycles. The van der Waals surface area contributed by atoms with Crippen molar-refractivity contribution >= 4 is 28.3 Å². The van der Waals surface area contributed by atoms with Gasteiger partial charge in [0.1, 0.15) is 12.2 Å². The molecule has 3 heterocycles. The van der Waals surface area contributed by atoms with E-state index >= 15 is 0 Å². The molecule has 0 radical (unpaired) electrons. The first-order valence-electron chi connectivity index (χ1n) is 12.3. The van der Waals surface area contributed by atoms with Crippen molar-refractivity contribution in [1.82, 2.24) is 19.7 Å². The number of hydrogen-bond donors (Lipinski definition) is 1. The normalized spacial score (nSPS) is 14.6. The highest BCUT2D eigenvalue weighted by atomic mass is 19.4. The van der Waals surface area contributed by atoms with Crippen LogP contribution in [0.1, 0.15) is 46.2 Å². The van der Waals surface area contributed by atoms with E-state index in [2.05, 4.69) is 15.4 Å². The third-order valence-electron chi connectivity index (χ3n) is 6.93. The van der Waals surface area contributed by atoms with Gasteiger partial charge in [-0.1, -0.05) is 36.4 Å². The number of anilines is 1. The third kappa shape index (κ3) is 5.39. The zero-order valence-corrected chi connectivity index (χ0v) is 20.7. The van der Waals surface area contributed by atoms with Gasteiger partial charge in [0.2, 0.25) is 5.91 Å². The number of rotatable bonds is 5. The molecular weight excluding hydrogens is 495 g/mol. The molecule has 38 heavy (non-hydrogen) atoms. The molecule has 0 aliphatic carbocycles. The van der Waals surface area contributed by atoms with E-state index in [1.54, 1.807) is 17.2 Å². The molecule has 10 heteroatoms. The number of aromatic nitrogens is 3. The monoisotopic (exact) mass is 521 g/mol. The summed E-state index contributed by atoms with van der Waals surface area (Å²) in [7, 11) is 0. The number of fused-ring (bicyclic) bond motifs is 1. The first kappa shape index (κ1) is 25.4. The van der Waals surface area contributed by atoms with Crippen LogP contribution in [0.25, 0.3) is 10.8 Å². The van der Waals surface area contributed by atoms with Crippen LogP contribution in [-0.2, 0) is 17.5 Å². The molecule has 1 aliphatic heterocycles. The predicted molar refractivity (Wildman–Crippen MR) is 137 cm³/mol. The molecule has 196 valence electrons. The van der Waals surface area contributed by atoms with Crippen molar-refractivity contribution in [3.8, 4) is 0 Å². The van der Waals surface area contributed by atoms with Gasteiger partial charge < -0.3 is 10.2 Å². The highest BCUT2D eigenvalue weighted by Crippen LogP contribution is 2.30. The minimum absolute atomic E-state index is 0.134. The van der Waals surface area contributed by atoms with Gasteiger partial charge in [0.15, 0.2) is 5.69 Å². The molecule has 1 N–H and O–H groups in total. The van der Waals surface area contributed by atoms with Crippen molar-refractivity contribution < 1.29 is 22.8 Å². The lowest BCUT2D eigenvalue weighted by molar-refractivity contribution is -0.142. The number of alkyl halides is 3. The van der Waals surface area contributed by atoms with Crippen LogP contribution in [0, 0.1) is 6.92 Å². The summed E-state index contributed by atoms with van der Waals surface area (Å²) in [6.07, 6.45) is -1.59. The van der Waals surface area contributed by atoms with Gasteiger partial charge in [-0.25, -0.2) is 0 Å². The van der Waals surface area contributed by atoms with Gasteiger partial charge in [0.05, 0.1) is 0 Å². The molecule has 1 aliphatic rings. The summed E-state index contributed by atoms with van der Waals surface area (Å²) < 4.78 is 39.9. The lowest BCUT2D eigenvalue weighted by atomic mass is 9.89. The van der Waals surface area contributed by atoms with Crippen molar-refractivity contribution in [3.05, 3.63) is 89.5 Å². The van der Waals surface area contributed by atoms with Gasteiger partial charge >= 0.3 is 6.18 Å². The summed E-state index contributed by atoms with van der Waals surface area (Å²) in [6, 6.07) is 18.1. The van der Waals surface area contributed by atoms with E-state index in [4.69, 9.17) is 0 Å². The molecule has 4 aromatic rings. The van der Waals surface area contributed by atoms with E-state index in [1.165, 1.54) is 6.92 Å². The summed E-state index contributed by atoms with van der Waals surface area (Å²) in [4.78, 5) is 31.7. The summed E-state index contributed by atoms with van der Waals surface area (Å²) in [5.41, 5.74) is 1.27. The molecule has 2 amide bonds. The summed E-state index contributed by atoms with van der Waals surface area (Å²) in [5, 5.41) is 8.48. The number of pyridine rings is 1. The molecule has 5 rings (SSSR count). The van der Waals surface area contributed by atoms with E-state index in [0.29, 0.717) is 37.3 Å². The van der Waals surface area contributed by atoms with Gasteiger partial charge in [-0.2, -0.15) is 18.3 Å². The Hall–Kier alpha value is -4.21. The number of carbonyl (C=O) groups excluding carboxylic acids is 2. The number of carbonyl (C=O) groups is 2. The number of nitrogens with one attached hydrogen (secondary N) is 1. The van der Waals surface area contributed by atoms with Crippen molar-refractivity contribution in [1.29, 1.82) is 0 Å². The highest BCUT2D eigenvalue weighted by Gasteiger charge is 2.35. The van der Waals surface area contributed by atoms with Gasteiger partial charge in [0.25, 0.3) is 5.91 Å². The molecule has 0 spiro atoms. The van der Waals surface area contributed by atoms with Crippen molar-refractivity contribution in [3.63, 3.8) is 0 Å². The van der Waals surface area contributed by atoms with Crippen LogP contribution in [0.3, 0.4) is 0 Å². The Labute approximate surface area is 217 Å². The van der Waals surface area contributed by atoms with Gasteiger partial charge in [-0.15, -0.1) is 0 Å². The van der Waals surface area contributed by atoms with E-state index < -0.39 is 11.9 Å². The van der Waals surface area contributed by atoms with Gasteiger partial charge in [-0.3, -0.25) is 19.3 Å². The van der Waals surface area contributed by atoms with Crippen LogP contribution in [-0.4, -0.2) is 44.6 Å². The van der Waals surface area contributed by atoms with Crippen LogP contribution in [0.4, 0.5) is 18.9 Å². The summed E-state index contributed by atoms with van der Waals surface area (Å²) >= 11 is 0. The Morgan fingerprint density at radius 1 is 1.03 bits per heavy atom. The number of hydrogen-bond acceptors (Lipinski definition) is 4. The smallest absolute Gasteiger partial charge is 0.341 e. The largest absolute Gasteiger partial charge is 0.435 e. The predicted octanol–water partition coefficient (Wildman–Crippen LogP) is 5.42. The van der Waals surface area contributed by atoms with E-state index in [9.17, 15) is 22.8 Å². The number of aryl methyl sites for hydroxylation is 1. The number of likely N-dealkylation sites (tertiary alicyclic amines) is 1. The summed E-state index contributed by atoms with van der Waals surface area (Å²) in [5.74, 6) is -0.439. The fourth-order valence-electron chi connectivity index (χ4n) is 4.84. The van der Waals surface area contributed by atoms with Gasteiger partial charge in [-0.05, 0) is 60.9 Å². The average molecular weight is 522 g/mol. The van der Waals surface area contributed by atoms with Crippen LogP contribution >= 0.6 is 0 Å². The van der Waals surface area contributed by atoms with Crippen LogP contribution in [0.15, 0.2) is 66.9 Å². The number of amides is 2. The highest BCUT2D eigenvalue weighted by molar-refractivity contribution is 6.08. The Balaban J connectivity index is 1.21. The standard InChI is InChI=1S/C28H26F3N5O2/c1-18-15-25(28(29,30)31)34-36(18)17-26(37)35-13-10-19(11-14-35)21-9-12-32-24(16-21)27(38)33-23-8-4-6-20-5-2-3-7-22(20)23/h2-9,12,15-16,19H,10-11,13-14,17H2,1H3,(H,33,38). The second-order valence-electron chi connectivity index (χ2n) is 9.44. The van der Waals surface area contributed by atoms with E-state index in [1.807, 2.05) is 48.5 Å². The molecular formula is C28H26F3N5O2. The Morgan fingerprint density at radius 3 is 2.50 bits per heavy atom. The van der Waals surface area contributed by atoms with Crippen LogP contribution in [0.5, 0.6) is 0 Å². The SMILES string of the molecule is Cc1cc(C(F)(F)F)nn1CC(=O)N1CCC(c2ccnc(C(=O)Nc3cccc4ccccc34)c2)CC1. The number of piperidine rings is 1. The van der Waals surface area contributed by atoms with E-state index in [-0.39, 0.29) is 30.0 Å². The van der Waals surface area contributed by atoms with Crippen molar-refractivity contribution in [2.75, 3.05) is 18.4 Å². The van der Waals surface area contributed by atoms with Crippen LogP contribution in [0.2, 0.25) is 0 Å². The van der Waals surface area contributed by atoms with Crippen LogP contribution < -0.4 is 5.32 Å². The Morgan fingerprint density at radius 2 is 1.76 bits per heavy atom. The maximum absolute atomic E-state index is 13.0. The zero-order chi connectivity index (χ0) is 26.9. The minimum atomic E-state index is -4.55. The Bertz CT molecular complexity index is 1480. The molecule has 7 nitrogen and oxygen atoms in total. The third-order valence-corrected chi connectivity index (χ3v) is 6.93. The quantitative estimate of drug-likeness (QED) is 0.381. The topological polar surface area (TPSA) is 80.1 Å². The minimum Gasteiger partial charge on any atom is -0.341 e. The Kier molecular flexibility index (Phi) is 6.88. The molecule has 0 unspecified atom stereocenters.